The second-order valence-electron chi connectivity index (χ2n) is 6.77. The molecule has 26 heavy (non-hydrogen) atoms. The van der Waals surface area contributed by atoms with E-state index in [2.05, 4.69) is 41.2 Å². The maximum Gasteiger partial charge on any atom is 0.274 e. The van der Waals surface area contributed by atoms with Crippen molar-refractivity contribution < 1.29 is 4.79 Å². The summed E-state index contributed by atoms with van der Waals surface area (Å²) in [6.07, 6.45) is 0.808. The van der Waals surface area contributed by atoms with Crippen molar-refractivity contribution in [3.63, 3.8) is 0 Å². The van der Waals surface area contributed by atoms with Gasteiger partial charge in [-0.25, -0.2) is 4.68 Å². The van der Waals surface area contributed by atoms with E-state index >= 15 is 0 Å². The molecule has 1 aromatic heterocycles. The Balaban J connectivity index is 1.61. The molecule has 1 amide bonds. The summed E-state index contributed by atoms with van der Waals surface area (Å²) in [5.41, 5.74) is 2.82. The van der Waals surface area contributed by atoms with Crippen LogP contribution >= 0.6 is 0 Å². The Kier molecular flexibility index (Phi) is 5.83. The van der Waals surface area contributed by atoms with Crippen molar-refractivity contribution in [3.8, 4) is 0 Å². The average Bonchev–Trinajstić information content (AvgIpc) is 2.66. The number of carbonyl (C=O) groups excluding carboxylic acids is 1. The number of aromatic nitrogens is 2. The van der Waals surface area contributed by atoms with Gasteiger partial charge in [0.15, 0.2) is 0 Å². The lowest BCUT2D eigenvalue weighted by Crippen LogP contribution is -2.48. The summed E-state index contributed by atoms with van der Waals surface area (Å²) in [6, 6.07) is 11.4. The highest BCUT2D eigenvalue weighted by Gasteiger charge is 2.23. The molecule has 1 aromatic carbocycles. The molecule has 0 unspecified atom stereocenters. The van der Waals surface area contributed by atoms with Crippen molar-refractivity contribution in [2.75, 3.05) is 26.2 Å². The van der Waals surface area contributed by atoms with E-state index in [1.54, 1.807) is 0 Å². The number of hydrogen-bond donors (Lipinski definition) is 0. The van der Waals surface area contributed by atoms with Crippen LogP contribution in [-0.4, -0.2) is 51.7 Å². The van der Waals surface area contributed by atoms with E-state index in [0.717, 1.165) is 26.1 Å². The van der Waals surface area contributed by atoms with Gasteiger partial charge in [-0.3, -0.25) is 14.5 Å². The SMILES string of the molecule is CCCn1nc(C(=O)N2CCN(Cc3ccccc3C)CC2)ccc1=O. The summed E-state index contributed by atoms with van der Waals surface area (Å²) in [4.78, 5) is 28.7. The van der Waals surface area contributed by atoms with E-state index in [-0.39, 0.29) is 11.5 Å². The molecule has 138 valence electrons. The molecule has 1 fully saturated rings. The molecule has 1 aliphatic heterocycles. The van der Waals surface area contributed by atoms with Crippen LogP contribution in [0.1, 0.15) is 35.0 Å². The molecule has 0 atom stereocenters. The van der Waals surface area contributed by atoms with Crippen molar-refractivity contribution in [3.05, 3.63) is 63.6 Å². The van der Waals surface area contributed by atoms with Crippen LogP contribution in [0.4, 0.5) is 0 Å². The normalized spacial score (nSPS) is 15.2. The third kappa shape index (κ3) is 4.19. The van der Waals surface area contributed by atoms with E-state index < -0.39 is 0 Å². The lowest BCUT2D eigenvalue weighted by Gasteiger charge is -2.34. The number of rotatable bonds is 5. The number of benzene rings is 1. The molecule has 2 aromatic rings. The highest BCUT2D eigenvalue weighted by molar-refractivity contribution is 5.92. The molecular formula is C20H26N4O2. The fraction of sp³-hybridized carbons (Fsp3) is 0.450. The first-order chi connectivity index (χ1) is 12.6. The first-order valence-corrected chi connectivity index (χ1v) is 9.23. The van der Waals surface area contributed by atoms with Gasteiger partial charge < -0.3 is 4.90 Å². The van der Waals surface area contributed by atoms with Crippen LogP contribution in [-0.2, 0) is 13.1 Å². The van der Waals surface area contributed by atoms with Crippen LogP contribution in [0.15, 0.2) is 41.2 Å². The van der Waals surface area contributed by atoms with E-state index in [0.29, 0.717) is 25.3 Å². The molecule has 0 spiro atoms. The van der Waals surface area contributed by atoms with Crippen LogP contribution in [0, 0.1) is 6.92 Å². The van der Waals surface area contributed by atoms with Crippen LogP contribution in [0.25, 0.3) is 0 Å². The molecule has 6 heteroatoms. The lowest BCUT2D eigenvalue weighted by atomic mass is 10.1. The van der Waals surface area contributed by atoms with Gasteiger partial charge in [-0.2, -0.15) is 5.10 Å². The zero-order chi connectivity index (χ0) is 18.5. The summed E-state index contributed by atoms with van der Waals surface area (Å²) in [5, 5.41) is 4.23. The summed E-state index contributed by atoms with van der Waals surface area (Å²) >= 11 is 0. The van der Waals surface area contributed by atoms with E-state index in [9.17, 15) is 9.59 Å². The molecular weight excluding hydrogens is 328 g/mol. The Bertz CT molecular complexity index is 823. The summed E-state index contributed by atoms with van der Waals surface area (Å²) in [5.74, 6) is -0.0922. The molecule has 0 aliphatic carbocycles. The Morgan fingerprint density at radius 3 is 2.50 bits per heavy atom. The van der Waals surface area contributed by atoms with Crippen molar-refractivity contribution in [2.24, 2.45) is 0 Å². The van der Waals surface area contributed by atoms with Gasteiger partial charge >= 0.3 is 0 Å². The van der Waals surface area contributed by atoms with E-state index in [4.69, 9.17) is 0 Å². The molecule has 0 saturated carbocycles. The summed E-state index contributed by atoms with van der Waals surface area (Å²) in [7, 11) is 0. The minimum absolute atomic E-state index is 0.0922. The number of piperazine rings is 1. The second-order valence-corrected chi connectivity index (χ2v) is 6.77. The maximum absolute atomic E-state index is 12.7. The van der Waals surface area contributed by atoms with Gasteiger partial charge in [-0.15, -0.1) is 0 Å². The fourth-order valence-corrected chi connectivity index (χ4v) is 3.23. The molecule has 1 saturated heterocycles. The summed E-state index contributed by atoms with van der Waals surface area (Å²) < 4.78 is 1.38. The third-order valence-corrected chi connectivity index (χ3v) is 4.84. The first kappa shape index (κ1) is 18.3. The topological polar surface area (TPSA) is 58.4 Å². The highest BCUT2D eigenvalue weighted by atomic mass is 16.2. The largest absolute Gasteiger partial charge is 0.335 e. The maximum atomic E-state index is 12.7. The monoisotopic (exact) mass is 354 g/mol. The van der Waals surface area contributed by atoms with Crippen molar-refractivity contribution in [2.45, 2.75) is 33.4 Å². The number of hydrogen-bond acceptors (Lipinski definition) is 4. The van der Waals surface area contributed by atoms with Gasteiger partial charge in [0.05, 0.1) is 0 Å². The third-order valence-electron chi connectivity index (χ3n) is 4.84. The molecule has 1 aliphatic rings. The molecule has 6 nitrogen and oxygen atoms in total. The standard InChI is InChI=1S/C20H26N4O2/c1-3-10-24-19(25)9-8-18(21-24)20(26)23-13-11-22(12-14-23)15-17-7-5-4-6-16(17)2/h4-9H,3,10-15H2,1-2H3. The quantitative estimate of drug-likeness (QED) is 0.823. The molecule has 2 heterocycles. The van der Waals surface area contributed by atoms with Crippen LogP contribution in [0.2, 0.25) is 0 Å². The lowest BCUT2D eigenvalue weighted by molar-refractivity contribution is 0.0619. The van der Waals surface area contributed by atoms with Gasteiger partial charge in [0.1, 0.15) is 5.69 Å². The highest BCUT2D eigenvalue weighted by Crippen LogP contribution is 2.13. The second kappa shape index (κ2) is 8.27. The number of nitrogens with zero attached hydrogens (tertiary/aromatic N) is 4. The van der Waals surface area contributed by atoms with Crippen molar-refractivity contribution in [1.29, 1.82) is 0 Å². The number of aryl methyl sites for hydroxylation is 2. The number of carbonyl (C=O) groups is 1. The Hall–Kier alpha value is -2.47. The van der Waals surface area contributed by atoms with Gasteiger partial charge in [-0.1, -0.05) is 31.2 Å². The van der Waals surface area contributed by atoms with Crippen LogP contribution < -0.4 is 5.56 Å². The van der Waals surface area contributed by atoms with Gasteiger partial charge in [0.2, 0.25) is 0 Å². The van der Waals surface area contributed by atoms with E-state index in [1.807, 2.05) is 11.8 Å². The predicted molar refractivity (Wildman–Crippen MR) is 101 cm³/mol. The van der Waals surface area contributed by atoms with Gasteiger partial charge in [-0.05, 0) is 30.5 Å². The number of amides is 1. The van der Waals surface area contributed by atoms with Gasteiger partial charge in [0.25, 0.3) is 11.5 Å². The Morgan fingerprint density at radius 1 is 1.08 bits per heavy atom. The first-order valence-electron chi connectivity index (χ1n) is 9.23. The molecule has 0 radical (unpaired) electrons. The Morgan fingerprint density at radius 2 is 1.81 bits per heavy atom. The van der Waals surface area contributed by atoms with Crippen molar-refractivity contribution >= 4 is 5.91 Å². The average molecular weight is 354 g/mol. The molecule has 3 rings (SSSR count). The predicted octanol–water partition coefficient (Wildman–Crippen LogP) is 1.92. The zero-order valence-corrected chi connectivity index (χ0v) is 15.5. The Labute approximate surface area is 154 Å². The fourth-order valence-electron chi connectivity index (χ4n) is 3.23. The minimum Gasteiger partial charge on any atom is -0.335 e. The minimum atomic E-state index is -0.161. The van der Waals surface area contributed by atoms with Crippen LogP contribution in [0.3, 0.4) is 0 Å². The smallest absolute Gasteiger partial charge is 0.274 e. The van der Waals surface area contributed by atoms with Crippen molar-refractivity contribution in [1.82, 2.24) is 19.6 Å². The zero-order valence-electron chi connectivity index (χ0n) is 15.5. The summed E-state index contributed by atoms with van der Waals surface area (Å²) in [6.45, 7) is 8.60. The molecule has 0 bridgehead atoms. The van der Waals surface area contributed by atoms with E-state index in [1.165, 1.54) is 27.9 Å². The molecule has 0 N–H and O–H groups in total. The van der Waals surface area contributed by atoms with Crippen LogP contribution in [0.5, 0.6) is 0 Å². The van der Waals surface area contributed by atoms with Gasteiger partial charge in [0, 0.05) is 45.3 Å².